The maximum Gasteiger partial charge on any atom is 0.191 e. The summed E-state index contributed by atoms with van der Waals surface area (Å²) in [5, 5.41) is 10.8. The Labute approximate surface area is 133 Å². The number of rotatable bonds is 6. The summed E-state index contributed by atoms with van der Waals surface area (Å²) in [6.45, 7) is 11.8. The summed E-state index contributed by atoms with van der Waals surface area (Å²) in [4.78, 5) is 4.51. The van der Waals surface area contributed by atoms with E-state index >= 15 is 0 Å². The average Bonchev–Trinajstić information content (AvgIpc) is 2.72. The molecule has 0 aliphatic carbocycles. The zero-order chi connectivity index (χ0) is 13.4. The molecule has 0 atom stereocenters. The third-order valence-corrected chi connectivity index (χ3v) is 2.35. The molecule has 1 aromatic heterocycles. The first-order valence-electron chi connectivity index (χ1n) is 6.63. The Bertz CT molecular complexity index is 373. The monoisotopic (exact) mass is 379 g/mol. The van der Waals surface area contributed by atoms with E-state index in [0.717, 1.165) is 32.1 Å². The lowest BCUT2D eigenvalue weighted by atomic mass is 10.2. The molecule has 0 fully saturated rings. The van der Waals surface area contributed by atoms with E-state index in [4.69, 9.17) is 0 Å². The van der Waals surface area contributed by atoms with Crippen molar-refractivity contribution in [3.8, 4) is 0 Å². The molecule has 0 unspecified atom stereocenters. The highest BCUT2D eigenvalue weighted by atomic mass is 127. The van der Waals surface area contributed by atoms with Gasteiger partial charge in [0.05, 0.1) is 12.7 Å². The van der Waals surface area contributed by atoms with E-state index in [1.54, 1.807) is 0 Å². The average molecular weight is 379 g/mol. The first kappa shape index (κ1) is 18.2. The predicted molar refractivity (Wildman–Crippen MR) is 91.2 cm³/mol. The number of aromatic nitrogens is 2. The second-order valence-electron chi connectivity index (χ2n) is 4.82. The maximum atomic E-state index is 4.51. The summed E-state index contributed by atoms with van der Waals surface area (Å²) >= 11 is 0. The molecule has 0 radical (unpaired) electrons. The van der Waals surface area contributed by atoms with E-state index in [2.05, 4.69) is 41.5 Å². The molecule has 0 aliphatic heterocycles. The molecule has 0 aliphatic rings. The zero-order valence-corrected chi connectivity index (χ0v) is 14.6. The van der Waals surface area contributed by atoms with Gasteiger partial charge in [0.1, 0.15) is 0 Å². The number of guanidine groups is 1. The summed E-state index contributed by atoms with van der Waals surface area (Å²) in [5.74, 6) is 1.46. The van der Waals surface area contributed by atoms with Crippen LogP contribution in [0.4, 0.5) is 0 Å². The number of aliphatic imine (C=N–C) groups is 1. The molecule has 1 heterocycles. The van der Waals surface area contributed by atoms with Gasteiger partial charge in [-0.05, 0) is 25.3 Å². The third kappa shape index (κ3) is 8.07. The number of halogens is 1. The van der Waals surface area contributed by atoms with Gasteiger partial charge in [-0.2, -0.15) is 5.10 Å². The van der Waals surface area contributed by atoms with Crippen molar-refractivity contribution in [3.05, 3.63) is 18.0 Å². The Hall–Kier alpha value is -0.790. The minimum absolute atomic E-state index is 0. The highest BCUT2D eigenvalue weighted by Gasteiger charge is 1.99. The molecule has 0 aromatic carbocycles. The van der Waals surface area contributed by atoms with Crippen LogP contribution in [0, 0.1) is 12.8 Å². The van der Waals surface area contributed by atoms with Gasteiger partial charge in [-0.1, -0.05) is 13.8 Å². The number of hydrogen-bond donors (Lipinski definition) is 2. The quantitative estimate of drug-likeness (QED) is 0.452. The van der Waals surface area contributed by atoms with Gasteiger partial charge in [0.2, 0.25) is 0 Å². The van der Waals surface area contributed by atoms with E-state index < -0.39 is 0 Å². The molecule has 0 spiro atoms. The molecule has 6 heteroatoms. The molecule has 0 bridgehead atoms. The molecular formula is C13H26IN5. The fraction of sp³-hybridized carbons (Fsp3) is 0.692. The predicted octanol–water partition coefficient (Wildman–Crippen LogP) is 2.02. The molecule has 19 heavy (non-hydrogen) atoms. The van der Waals surface area contributed by atoms with Crippen molar-refractivity contribution in [1.29, 1.82) is 0 Å². The van der Waals surface area contributed by atoms with Crippen molar-refractivity contribution >= 4 is 29.9 Å². The van der Waals surface area contributed by atoms with E-state index in [9.17, 15) is 0 Å². The van der Waals surface area contributed by atoms with E-state index in [0.29, 0.717) is 5.92 Å². The number of aryl methyl sites for hydroxylation is 1. The molecule has 110 valence electrons. The maximum absolute atomic E-state index is 4.51. The molecule has 0 saturated carbocycles. The van der Waals surface area contributed by atoms with Crippen LogP contribution in [0.25, 0.3) is 0 Å². The Balaban J connectivity index is 0.00000324. The van der Waals surface area contributed by atoms with Crippen LogP contribution in [0.2, 0.25) is 0 Å². The SMILES string of the molecule is CCNC(=NCC(C)C)NCCn1cc(C)cn1.I. The molecule has 1 aromatic rings. The highest BCUT2D eigenvalue weighted by Crippen LogP contribution is 1.93. The summed E-state index contributed by atoms with van der Waals surface area (Å²) in [6.07, 6.45) is 3.91. The summed E-state index contributed by atoms with van der Waals surface area (Å²) < 4.78 is 1.94. The van der Waals surface area contributed by atoms with Crippen LogP contribution in [-0.4, -0.2) is 35.4 Å². The van der Waals surface area contributed by atoms with Gasteiger partial charge in [0.15, 0.2) is 5.96 Å². The third-order valence-electron chi connectivity index (χ3n) is 2.35. The molecule has 5 nitrogen and oxygen atoms in total. The van der Waals surface area contributed by atoms with E-state index in [1.807, 2.05) is 24.0 Å². The van der Waals surface area contributed by atoms with Crippen molar-refractivity contribution in [2.75, 3.05) is 19.6 Å². The van der Waals surface area contributed by atoms with Gasteiger partial charge in [0.25, 0.3) is 0 Å². The highest BCUT2D eigenvalue weighted by molar-refractivity contribution is 14.0. The second-order valence-corrected chi connectivity index (χ2v) is 4.82. The van der Waals surface area contributed by atoms with Gasteiger partial charge in [-0.15, -0.1) is 24.0 Å². The lowest BCUT2D eigenvalue weighted by molar-refractivity contribution is 0.594. The second kappa shape index (κ2) is 10.1. The fourth-order valence-corrected chi connectivity index (χ4v) is 1.49. The Morgan fingerprint density at radius 1 is 1.42 bits per heavy atom. The number of nitrogens with zero attached hydrogens (tertiary/aromatic N) is 3. The minimum atomic E-state index is 0. The molecule has 1 rings (SSSR count). The van der Waals surface area contributed by atoms with E-state index in [1.165, 1.54) is 5.56 Å². The first-order chi connectivity index (χ1) is 8.61. The molecular weight excluding hydrogens is 353 g/mol. The number of hydrogen-bond acceptors (Lipinski definition) is 2. The van der Waals surface area contributed by atoms with Crippen LogP contribution in [0.1, 0.15) is 26.3 Å². The molecule has 2 N–H and O–H groups in total. The van der Waals surface area contributed by atoms with Crippen LogP contribution in [0.5, 0.6) is 0 Å². The summed E-state index contributed by atoms with van der Waals surface area (Å²) in [5.41, 5.74) is 1.19. The largest absolute Gasteiger partial charge is 0.357 e. The normalized spacial score (nSPS) is 11.3. The lowest BCUT2D eigenvalue weighted by Gasteiger charge is -2.12. The van der Waals surface area contributed by atoms with Crippen LogP contribution in [0.15, 0.2) is 17.4 Å². The lowest BCUT2D eigenvalue weighted by Crippen LogP contribution is -2.39. The Kier molecular flexibility index (Phi) is 9.63. The van der Waals surface area contributed by atoms with Gasteiger partial charge in [-0.25, -0.2) is 0 Å². The number of nitrogens with one attached hydrogen (secondary N) is 2. The summed E-state index contributed by atoms with van der Waals surface area (Å²) in [7, 11) is 0. The van der Waals surface area contributed by atoms with Crippen LogP contribution < -0.4 is 10.6 Å². The Morgan fingerprint density at radius 3 is 2.68 bits per heavy atom. The van der Waals surface area contributed by atoms with Crippen molar-refractivity contribution in [2.24, 2.45) is 10.9 Å². The zero-order valence-electron chi connectivity index (χ0n) is 12.3. The van der Waals surface area contributed by atoms with Gasteiger partial charge < -0.3 is 10.6 Å². The van der Waals surface area contributed by atoms with Crippen molar-refractivity contribution < 1.29 is 0 Å². The van der Waals surface area contributed by atoms with Crippen LogP contribution >= 0.6 is 24.0 Å². The first-order valence-corrected chi connectivity index (χ1v) is 6.63. The summed E-state index contributed by atoms with van der Waals surface area (Å²) in [6, 6.07) is 0. The van der Waals surface area contributed by atoms with E-state index in [-0.39, 0.29) is 24.0 Å². The fourth-order valence-electron chi connectivity index (χ4n) is 1.49. The van der Waals surface area contributed by atoms with Crippen molar-refractivity contribution in [1.82, 2.24) is 20.4 Å². The van der Waals surface area contributed by atoms with Crippen molar-refractivity contribution in [3.63, 3.8) is 0 Å². The smallest absolute Gasteiger partial charge is 0.191 e. The van der Waals surface area contributed by atoms with Gasteiger partial charge >= 0.3 is 0 Å². The van der Waals surface area contributed by atoms with Crippen molar-refractivity contribution in [2.45, 2.75) is 34.2 Å². The molecule has 0 saturated heterocycles. The van der Waals surface area contributed by atoms with Crippen LogP contribution in [-0.2, 0) is 6.54 Å². The molecule has 0 amide bonds. The Morgan fingerprint density at radius 2 is 2.16 bits per heavy atom. The van der Waals surface area contributed by atoms with Gasteiger partial charge in [0, 0.05) is 25.8 Å². The minimum Gasteiger partial charge on any atom is -0.357 e. The van der Waals surface area contributed by atoms with Crippen LogP contribution in [0.3, 0.4) is 0 Å². The van der Waals surface area contributed by atoms with Gasteiger partial charge in [-0.3, -0.25) is 9.67 Å². The standard InChI is InChI=1S/C13H25N5.HI/c1-5-14-13(16-8-11(2)3)15-6-7-18-10-12(4)9-17-18;/h9-11H,5-8H2,1-4H3,(H2,14,15,16);1H. The topological polar surface area (TPSA) is 54.2 Å².